The number of aromatic nitrogens is 6. The monoisotopic (exact) mass is 434 g/mol. The van der Waals surface area contributed by atoms with E-state index in [4.69, 9.17) is 0 Å². The molecule has 0 aliphatic carbocycles. The van der Waals surface area contributed by atoms with Crippen molar-refractivity contribution in [3.05, 3.63) is 72.3 Å². The van der Waals surface area contributed by atoms with Crippen LogP contribution in [0.25, 0.3) is 22.8 Å². The number of hydrogen-bond donors (Lipinski definition) is 2. The molecule has 8 nitrogen and oxygen atoms in total. The Kier molecular flexibility index (Phi) is 7.86. The van der Waals surface area contributed by atoms with Gasteiger partial charge in [0.2, 0.25) is 0 Å². The van der Waals surface area contributed by atoms with Gasteiger partial charge in [-0.3, -0.25) is 19.3 Å². The maximum Gasteiger partial charge on any atom is 0.111 e. The molecule has 0 unspecified atom stereocenters. The quantitative estimate of drug-likeness (QED) is 0.475. The zero-order chi connectivity index (χ0) is 23.1. The molecular weight excluding hydrogens is 404 g/mol. The Morgan fingerprint density at radius 2 is 1.41 bits per heavy atom. The summed E-state index contributed by atoms with van der Waals surface area (Å²) in [4.78, 5) is 8.57. The van der Waals surface area contributed by atoms with Crippen LogP contribution >= 0.6 is 0 Å². The van der Waals surface area contributed by atoms with E-state index in [0.29, 0.717) is 6.04 Å². The Bertz CT molecular complexity index is 1130. The van der Waals surface area contributed by atoms with Gasteiger partial charge in [0, 0.05) is 48.0 Å². The normalized spacial score (nSPS) is 11.0. The van der Waals surface area contributed by atoms with Gasteiger partial charge in [-0.05, 0) is 52.0 Å². The highest BCUT2D eigenvalue weighted by Crippen LogP contribution is 2.23. The summed E-state index contributed by atoms with van der Waals surface area (Å²) < 4.78 is 3.78. The van der Waals surface area contributed by atoms with E-state index in [0.717, 1.165) is 33.9 Å². The van der Waals surface area contributed by atoms with Crippen molar-refractivity contribution in [3.63, 3.8) is 0 Å². The minimum Gasteiger partial charge on any atom is -0.392 e. The lowest BCUT2D eigenvalue weighted by atomic mass is 10.1. The van der Waals surface area contributed by atoms with Crippen molar-refractivity contribution in [2.24, 2.45) is 0 Å². The fourth-order valence-electron chi connectivity index (χ4n) is 3.26. The predicted octanol–water partition coefficient (Wildman–Crippen LogP) is 4.04. The highest BCUT2D eigenvalue weighted by atomic mass is 16.3. The second-order valence-electron chi connectivity index (χ2n) is 7.87. The van der Waals surface area contributed by atoms with E-state index in [1.165, 1.54) is 0 Å². The molecule has 0 aromatic carbocycles. The summed E-state index contributed by atoms with van der Waals surface area (Å²) in [5.41, 5.74) is 4.93. The largest absolute Gasteiger partial charge is 0.392 e. The van der Waals surface area contributed by atoms with E-state index in [2.05, 4.69) is 47.9 Å². The van der Waals surface area contributed by atoms with Crippen molar-refractivity contribution >= 4 is 0 Å². The van der Waals surface area contributed by atoms with Crippen LogP contribution in [0.1, 0.15) is 50.9 Å². The van der Waals surface area contributed by atoms with Gasteiger partial charge in [-0.25, -0.2) is 0 Å². The molecule has 0 saturated heterocycles. The minimum atomic E-state index is -0.0162. The number of hydrogen-bond acceptors (Lipinski definition) is 6. The van der Waals surface area contributed by atoms with E-state index in [1.807, 2.05) is 52.0 Å². The molecule has 32 heavy (non-hydrogen) atoms. The van der Waals surface area contributed by atoms with E-state index < -0.39 is 0 Å². The third-order valence-electron chi connectivity index (χ3n) is 4.91. The van der Waals surface area contributed by atoms with E-state index in [1.54, 1.807) is 18.6 Å². The molecule has 168 valence electrons. The van der Waals surface area contributed by atoms with Gasteiger partial charge in [0.25, 0.3) is 0 Å². The third-order valence-corrected chi connectivity index (χ3v) is 4.91. The topological polar surface area (TPSA) is 102 Å². The van der Waals surface area contributed by atoms with Crippen LogP contribution in [0.15, 0.2) is 61.2 Å². The van der Waals surface area contributed by atoms with Crippen molar-refractivity contribution in [1.29, 1.82) is 0 Å². The van der Waals surface area contributed by atoms with Crippen LogP contribution in [0.2, 0.25) is 0 Å². The van der Waals surface area contributed by atoms with E-state index in [9.17, 15) is 10.2 Å². The average Bonchev–Trinajstić information content (AvgIpc) is 3.49. The van der Waals surface area contributed by atoms with Gasteiger partial charge < -0.3 is 10.2 Å². The molecule has 0 radical (unpaired) electrons. The highest BCUT2D eigenvalue weighted by molar-refractivity contribution is 5.59. The predicted molar refractivity (Wildman–Crippen MR) is 124 cm³/mol. The first-order valence-electron chi connectivity index (χ1n) is 10.6. The van der Waals surface area contributed by atoms with Gasteiger partial charge in [0.15, 0.2) is 0 Å². The summed E-state index contributed by atoms with van der Waals surface area (Å²) in [6.45, 7) is 8.25. The molecule has 0 amide bonds. The number of rotatable bonds is 6. The fraction of sp³-hybridized carbons (Fsp3) is 0.333. The van der Waals surface area contributed by atoms with Crippen LogP contribution in [0.3, 0.4) is 0 Å². The number of nitrogens with zero attached hydrogens (tertiary/aromatic N) is 6. The third kappa shape index (κ3) is 5.27. The molecule has 0 saturated carbocycles. The SMILES string of the molecule is CC(C)n1ccc(-c2ncccc2CO)n1.CC(C)n1nccc1-c1ncccc1CO. The van der Waals surface area contributed by atoms with Crippen LogP contribution in [-0.2, 0) is 13.2 Å². The lowest BCUT2D eigenvalue weighted by molar-refractivity contribution is 0.281. The molecule has 4 aromatic rings. The van der Waals surface area contributed by atoms with Gasteiger partial charge in [0.1, 0.15) is 5.69 Å². The molecule has 0 spiro atoms. The van der Waals surface area contributed by atoms with Crippen molar-refractivity contribution in [3.8, 4) is 22.8 Å². The summed E-state index contributed by atoms with van der Waals surface area (Å²) in [6.07, 6.45) is 7.12. The van der Waals surface area contributed by atoms with Crippen molar-refractivity contribution in [2.75, 3.05) is 0 Å². The minimum absolute atomic E-state index is 0.00749. The molecular formula is C24H30N6O2. The lowest BCUT2D eigenvalue weighted by Crippen LogP contribution is -2.06. The summed E-state index contributed by atoms with van der Waals surface area (Å²) in [5, 5.41) is 27.2. The first kappa shape index (κ1) is 23.3. The Hall–Kier alpha value is -3.36. The van der Waals surface area contributed by atoms with Gasteiger partial charge in [-0.2, -0.15) is 10.2 Å². The van der Waals surface area contributed by atoms with E-state index >= 15 is 0 Å². The van der Waals surface area contributed by atoms with Gasteiger partial charge in [-0.1, -0.05) is 12.1 Å². The first-order chi connectivity index (χ1) is 15.5. The molecule has 8 heteroatoms. The van der Waals surface area contributed by atoms with Crippen molar-refractivity contribution in [2.45, 2.75) is 53.0 Å². The van der Waals surface area contributed by atoms with Crippen molar-refractivity contribution < 1.29 is 10.2 Å². The highest BCUT2D eigenvalue weighted by Gasteiger charge is 2.12. The van der Waals surface area contributed by atoms with E-state index in [-0.39, 0.29) is 19.3 Å². The smallest absolute Gasteiger partial charge is 0.111 e. The molecule has 0 aliphatic heterocycles. The molecule has 4 rings (SSSR count). The molecule has 4 heterocycles. The Balaban J connectivity index is 0.000000181. The van der Waals surface area contributed by atoms with Gasteiger partial charge >= 0.3 is 0 Å². The zero-order valence-corrected chi connectivity index (χ0v) is 18.9. The number of aliphatic hydroxyl groups excluding tert-OH is 2. The molecule has 0 atom stereocenters. The maximum atomic E-state index is 9.28. The van der Waals surface area contributed by atoms with Crippen LogP contribution in [0.4, 0.5) is 0 Å². The molecule has 0 fully saturated rings. The number of pyridine rings is 2. The second kappa shape index (κ2) is 10.8. The Morgan fingerprint density at radius 3 is 1.97 bits per heavy atom. The Morgan fingerprint density at radius 1 is 0.781 bits per heavy atom. The zero-order valence-electron chi connectivity index (χ0n) is 18.9. The Labute approximate surface area is 188 Å². The number of aliphatic hydroxyl groups is 2. The summed E-state index contributed by atoms with van der Waals surface area (Å²) in [5.74, 6) is 0. The summed E-state index contributed by atoms with van der Waals surface area (Å²) in [7, 11) is 0. The molecule has 0 aliphatic rings. The van der Waals surface area contributed by atoms with Crippen LogP contribution in [0, 0.1) is 0 Å². The summed E-state index contributed by atoms with van der Waals surface area (Å²) in [6, 6.07) is 11.8. The fourth-order valence-corrected chi connectivity index (χ4v) is 3.26. The van der Waals surface area contributed by atoms with Gasteiger partial charge in [0.05, 0.1) is 30.3 Å². The second-order valence-corrected chi connectivity index (χ2v) is 7.87. The van der Waals surface area contributed by atoms with Crippen molar-refractivity contribution in [1.82, 2.24) is 29.5 Å². The maximum absolute atomic E-state index is 9.28. The van der Waals surface area contributed by atoms with Gasteiger partial charge in [-0.15, -0.1) is 0 Å². The summed E-state index contributed by atoms with van der Waals surface area (Å²) >= 11 is 0. The van der Waals surface area contributed by atoms with Crippen LogP contribution in [0.5, 0.6) is 0 Å². The molecule has 0 bridgehead atoms. The first-order valence-corrected chi connectivity index (χ1v) is 10.6. The van der Waals surface area contributed by atoms with Crippen LogP contribution in [-0.4, -0.2) is 39.7 Å². The van der Waals surface area contributed by atoms with Crippen LogP contribution < -0.4 is 0 Å². The standard InChI is InChI=1S/2C12H15N3O/c1-9(2)15-7-5-11(14-15)12-10(8-16)4-3-6-13-12;1-9(2)15-11(5-7-14-15)12-10(8-16)4-3-6-13-12/h2*3-7,9,16H,8H2,1-2H3. The molecule has 4 aromatic heterocycles. The average molecular weight is 435 g/mol. The molecule has 2 N–H and O–H groups in total. The lowest BCUT2D eigenvalue weighted by Gasteiger charge is -2.12.